The van der Waals surface area contributed by atoms with Crippen molar-refractivity contribution in [1.29, 1.82) is 0 Å². The van der Waals surface area contributed by atoms with Crippen molar-refractivity contribution < 1.29 is 9.53 Å². The second kappa shape index (κ2) is 8.54. The fraction of sp³-hybridized carbons (Fsp3) is 0.158. The van der Waals surface area contributed by atoms with Gasteiger partial charge in [-0.3, -0.25) is 10.1 Å². The molecule has 3 rings (SSSR count). The first kappa shape index (κ1) is 18.7. The van der Waals surface area contributed by atoms with Crippen molar-refractivity contribution in [3.05, 3.63) is 63.5 Å². The Labute approximate surface area is 165 Å². The number of benzene rings is 2. The second-order valence-corrected chi connectivity index (χ2v) is 7.11. The van der Waals surface area contributed by atoms with Crippen molar-refractivity contribution in [2.75, 3.05) is 11.9 Å². The van der Waals surface area contributed by atoms with E-state index in [-0.39, 0.29) is 10.9 Å². The number of amides is 1. The van der Waals surface area contributed by atoms with Gasteiger partial charge in [-0.1, -0.05) is 36.2 Å². The topological polar surface area (TPSA) is 51.2 Å². The third-order valence-corrected chi connectivity index (χ3v) is 5.12. The van der Waals surface area contributed by atoms with E-state index in [4.69, 9.17) is 27.9 Å². The van der Waals surface area contributed by atoms with Crippen LogP contribution in [0, 0.1) is 0 Å². The SMILES string of the molecule is CCCOc1ccc(-c2csc(NC(=O)c3cccc(Cl)c3Cl)n2)cc1. The Balaban J connectivity index is 1.71. The van der Waals surface area contributed by atoms with Crippen LogP contribution in [0.1, 0.15) is 23.7 Å². The van der Waals surface area contributed by atoms with Crippen LogP contribution in [0.3, 0.4) is 0 Å². The number of rotatable bonds is 6. The highest BCUT2D eigenvalue weighted by molar-refractivity contribution is 7.14. The summed E-state index contributed by atoms with van der Waals surface area (Å²) in [4.78, 5) is 16.8. The maximum absolute atomic E-state index is 12.4. The molecule has 0 fully saturated rings. The number of hydrogen-bond acceptors (Lipinski definition) is 4. The zero-order valence-corrected chi connectivity index (χ0v) is 16.3. The van der Waals surface area contributed by atoms with E-state index < -0.39 is 0 Å². The number of carbonyl (C=O) groups is 1. The van der Waals surface area contributed by atoms with Crippen molar-refractivity contribution >= 4 is 45.6 Å². The van der Waals surface area contributed by atoms with Crippen LogP contribution < -0.4 is 10.1 Å². The van der Waals surface area contributed by atoms with Crippen LogP contribution in [0.15, 0.2) is 47.8 Å². The smallest absolute Gasteiger partial charge is 0.259 e. The molecular weight excluding hydrogens is 391 g/mol. The largest absolute Gasteiger partial charge is 0.494 e. The molecule has 0 bridgehead atoms. The molecule has 134 valence electrons. The van der Waals surface area contributed by atoms with E-state index in [0.717, 1.165) is 23.4 Å². The molecule has 3 aromatic rings. The van der Waals surface area contributed by atoms with Gasteiger partial charge in [-0.05, 0) is 42.8 Å². The fourth-order valence-electron chi connectivity index (χ4n) is 2.25. The van der Waals surface area contributed by atoms with Gasteiger partial charge in [-0.2, -0.15) is 0 Å². The molecule has 0 radical (unpaired) electrons. The standard InChI is InChI=1S/C19H16Cl2N2O2S/c1-2-10-25-13-8-6-12(7-9-13)16-11-26-19(22-16)23-18(24)14-4-3-5-15(20)17(14)21/h3-9,11H,2,10H2,1H3,(H,22,23,24). The van der Waals surface area contributed by atoms with Crippen molar-refractivity contribution in [3.63, 3.8) is 0 Å². The zero-order chi connectivity index (χ0) is 18.5. The fourth-order valence-corrected chi connectivity index (χ4v) is 3.35. The average molecular weight is 407 g/mol. The van der Waals surface area contributed by atoms with Gasteiger partial charge in [0, 0.05) is 10.9 Å². The molecule has 0 unspecified atom stereocenters. The number of ether oxygens (including phenoxy) is 1. The van der Waals surface area contributed by atoms with Gasteiger partial charge < -0.3 is 4.74 Å². The number of thiazole rings is 1. The second-order valence-electron chi connectivity index (χ2n) is 5.47. The van der Waals surface area contributed by atoms with Crippen molar-refractivity contribution in [1.82, 2.24) is 4.98 Å². The van der Waals surface area contributed by atoms with E-state index in [2.05, 4.69) is 17.2 Å². The Kier molecular flexibility index (Phi) is 6.14. The number of aromatic nitrogens is 1. The molecule has 0 atom stereocenters. The predicted molar refractivity (Wildman–Crippen MR) is 108 cm³/mol. The lowest BCUT2D eigenvalue weighted by atomic mass is 10.2. The Bertz CT molecular complexity index is 910. The molecule has 0 spiro atoms. The van der Waals surface area contributed by atoms with Crippen LogP contribution in [0.4, 0.5) is 5.13 Å². The van der Waals surface area contributed by atoms with Gasteiger partial charge in [-0.25, -0.2) is 4.98 Å². The van der Waals surface area contributed by atoms with Crippen molar-refractivity contribution in [2.24, 2.45) is 0 Å². The first-order valence-electron chi connectivity index (χ1n) is 8.02. The summed E-state index contributed by atoms with van der Waals surface area (Å²) >= 11 is 13.4. The number of halogens is 2. The van der Waals surface area contributed by atoms with Gasteiger partial charge in [-0.15, -0.1) is 11.3 Å². The van der Waals surface area contributed by atoms with E-state index >= 15 is 0 Å². The summed E-state index contributed by atoms with van der Waals surface area (Å²) in [6, 6.07) is 12.6. The Morgan fingerprint density at radius 1 is 1.19 bits per heavy atom. The summed E-state index contributed by atoms with van der Waals surface area (Å²) in [5, 5.41) is 5.70. The molecule has 0 aliphatic heterocycles. The molecular formula is C19H16Cl2N2O2S. The summed E-state index contributed by atoms with van der Waals surface area (Å²) in [6.45, 7) is 2.76. The molecule has 0 saturated heterocycles. The molecule has 2 aromatic carbocycles. The highest BCUT2D eigenvalue weighted by Gasteiger charge is 2.14. The van der Waals surface area contributed by atoms with Crippen LogP contribution in [0.2, 0.25) is 10.0 Å². The maximum Gasteiger partial charge on any atom is 0.259 e. The van der Waals surface area contributed by atoms with E-state index in [1.54, 1.807) is 18.2 Å². The minimum absolute atomic E-state index is 0.228. The van der Waals surface area contributed by atoms with E-state index in [9.17, 15) is 4.79 Å². The predicted octanol–water partition coefficient (Wildman–Crippen LogP) is 6.16. The molecule has 1 heterocycles. The number of nitrogens with zero attached hydrogens (tertiary/aromatic N) is 1. The monoisotopic (exact) mass is 406 g/mol. The number of carbonyl (C=O) groups excluding carboxylic acids is 1. The molecule has 4 nitrogen and oxygen atoms in total. The summed E-state index contributed by atoms with van der Waals surface area (Å²) in [6.07, 6.45) is 0.966. The maximum atomic E-state index is 12.4. The highest BCUT2D eigenvalue weighted by Crippen LogP contribution is 2.29. The van der Waals surface area contributed by atoms with Gasteiger partial charge in [0.15, 0.2) is 5.13 Å². The van der Waals surface area contributed by atoms with Crippen molar-refractivity contribution in [3.8, 4) is 17.0 Å². The minimum Gasteiger partial charge on any atom is -0.494 e. The van der Waals surface area contributed by atoms with Gasteiger partial charge in [0.25, 0.3) is 5.91 Å². The van der Waals surface area contributed by atoms with E-state index in [0.29, 0.717) is 22.3 Å². The first-order chi connectivity index (χ1) is 12.6. The third-order valence-electron chi connectivity index (χ3n) is 3.54. The normalized spacial score (nSPS) is 10.6. The summed E-state index contributed by atoms with van der Waals surface area (Å²) in [7, 11) is 0. The van der Waals surface area contributed by atoms with Crippen LogP contribution in [-0.2, 0) is 0 Å². The van der Waals surface area contributed by atoms with E-state index in [1.165, 1.54) is 11.3 Å². The quantitative estimate of drug-likeness (QED) is 0.533. The summed E-state index contributed by atoms with van der Waals surface area (Å²) < 4.78 is 5.58. The molecule has 26 heavy (non-hydrogen) atoms. The van der Waals surface area contributed by atoms with Gasteiger partial charge in [0.2, 0.25) is 0 Å². The third kappa shape index (κ3) is 4.36. The van der Waals surface area contributed by atoms with Crippen LogP contribution in [0.5, 0.6) is 5.75 Å². The number of nitrogens with one attached hydrogen (secondary N) is 1. The lowest BCUT2D eigenvalue weighted by Gasteiger charge is -2.05. The highest BCUT2D eigenvalue weighted by atomic mass is 35.5. The number of anilines is 1. The number of hydrogen-bond donors (Lipinski definition) is 1. The van der Waals surface area contributed by atoms with E-state index in [1.807, 2.05) is 29.6 Å². The first-order valence-corrected chi connectivity index (χ1v) is 9.66. The molecule has 7 heteroatoms. The average Bonchev–Trinajstić information content (AvgIpc) is 3.11. The van der Waals surface area contributed by atoms with Crippen LogP contribution in [-0.4, -0.2) is 17.5 Å². The molecule has 0 aliphatic rings. The van der Waals surface area contributed by atoms with Gasteiger partial charge in [0.05, 0.1) is 27.9 Å². The van der Waals surface area contributed by atoms with Gasteiger partial charge in [0.1, 0.15) is 5.75 Å². The van der Waals surface area contributed by atoms with Crippen LogP contribution in [0.25, 0.3) is 11.3 Å². The summed E-state index contributed by atoms with van der Waals surface area (Å²) in [5.74, 6) is 0.483. The molecule has 1 aromatic heterocycles. The molecule has 1 amide bonds. The molecule has 1 N–H and O–H groups in total. The lowest BCUT2D eigenvalue weighted by Crippen LogP contribution is -2.12. The van der Waals surface area contributed by atoms with Crippen molar-refractivity contribution in [2.45, 2.75) is 13.3 Å². The van der Waals surface area contributed by atoms with Gasteiger partial charge >= 0.3 is 0 Å². The summed E-state index contributed by atoms with van der Waals surface area (Å²) in [5.41, 5.74) is 2.05. The lowest BCUT2D eigenvalue weighted by molar-refractivity contribution is 0.102. The minimum atomic E-state index is -0.346. The molecule has 0 aliphatic carbocycles. The Hall–Kier alpha value is -2.08. The molecule has 0 saturated carbocycles. The Morgan fingerprint density at radius 3 is 2.69 bits per heavy atom. The van der Waals surface area contributed by atoms with Crippen LogP contribution >= 0.6 is 34.5 Å². The Morgan fingerprint density at radius 2 is 1.96 bits per heavy atom. The zero-order valence-electron chi connectivity index (χ0n) is 14.0.